The molecule has 1 amide bonds. The lowest BCUT2D eigenvalue weighted by atomic mass is 10.2. The molecule has 1 saturated heterocycles. The zero-order valence-corrected chi connectivity index (χ0v) is 15.7. The Morgan fingerprint density at radius 1 is 0.963 bits per heavy atom. The Kier molecular flexibility index (Phi) is 5.34. The molecule has 2 aromatic heterocycles. The molecule has 0 spiro atoms. The van der Waals surface area contributed by atoms with Crippen molar-refractivity contribution in [2.45, 2.75) is 22.8 Å². The predicted octanol–water partition coefficient (Wildman–Crippen LogP) is 4.48. The van der Waals surface area contributed by atoms with Crippen molar-refractivity contribution in [2.24, 2.45) is 0 Å². The minimum Gasteiger partial charge on any atom is -0.357 e. The van der Waals surface area contributed by atoms with Gasteiger partial charge in [0.25, 0.3) is 5.91 Å². The molecule has 3 aromatic rings. The summed E-state index contributed by atoms with van der Waals surface area (Å²) in [7, 11) is 0. The van der Waals surface area contributed by atoms with Crippen LogP contribution in [0, 0.1) is 0 Å². The van der Waals surface area contributed by atoms with E-state index in [4.69, 9.17) is 0 Å². The van der Waals surface area contributed by atoms with Crippen molar-refractivity contribution in [3.05, 3.63) is 72.6 Å². The van der Waals surface area contributed by atoms with Gasteiger partial charge in [0, 0.05) is 24.2 Å². The number of benzene rings is 1. The van der Waals surface area contributed by atoms with E-state index in [9.17, 15) is 4.79 Å². The first-order valence-corrected chi connectivity index (χ1v) is 9.81. The van der Waals surface area contributed by atoms with E-state index in [-0.39, 0.29) is 5.91 Å². The van der Waals surface area contributed by atoms with Gasteiger partial charge in [0.15, 0.2) is 0 Å². The van der Waals surface area contributed by atoms with Gasteiger partial charge in [0.2, 0.25) is 0 Å². The smallest absolute Gasteiger partial charge is 0.258 e. The number of anilines is 2. The third-order valence-corrected chi connectivity index (χ3v) is 5.44. The maximum atomic E-state index is 12.8. The molecule has 0 aliphatic carbocycles. The Bertz CT molecular complexity index is 909. The summed E-state index contributed by atoms with van der Waals surface area (Å²) in [5, 5.41) is 3.61. The van der Waals surface area contributed by atoms with Gasteiger partial charge in [-0.2, -0.15) is 0 Å². The molecule has 4 rings (SSSR count). The van der Waals surface area contributed by atoms with Gasteiger partial charge >= 0.3 is 0 Å². The molecule has 0 radical (unpaired) electrons. The van der Waals surface area contributed by atoms with E-state index < -0.39 is 0 Å². The Balaban J connectivity index is 1.48. The van der Waals surface area contributed by atoms with Gasteiger partial charge in [-0.05, 0) is 49.2 Å². The highest BCUT2D eigenvalue weighted by Crippen LogP contribution is 2.29. The van der Waals surface area contributed by atoms with Crippen LogP contribution in [-0.4, -0.2) is 29.0 Å². The van der Waals surface area contributed by atoms with Crippen LogP contribution in [0.2, 0.25) is 0 Å². The van der Waals surface area contributed by atoms with Crippen molar-refractivity contribution in [3.63, 3.8) is 0 Å². The van der Waals surface area contributed by atoms with Gasteiger partial charge in [-0.15, -0.1) is 0 Å². The van der Waals surface area contributed by atoms with Crippen LogP contribution in [0.4, 0.5) is 11.5 Å². The maximum Gasteiger partial charge on any atom is 0.258 e. The van der Waals surface area contributed by atoms with E-state index in [0.29, 0.717) is 16.3 Å². The number of rotatable bonds is 5. The molecule has 1 N–H and O–H groups in total. The lowest BCUT2D eigenvalue weighted by molar-refractivity contribution is 0.102. The number of hydrogen-bond acceptors (Lipinski definition) is 5. The minimum absolute atomic E-state index is 0.183. The molecule has 3 heterocycles. The zero-order chi connectivity index (χ0) is 18.5. The number of hydrogen-bond donors (Lipinski definition) is 1. The molecule has 136 valence electrons. The van der Waals surface area contributed by atoms with E-state index in [1.807, 2.05) is 42.5 Å². The highest BCUT2D eigenvalue weighted by Gasteiger charge is 2.15. The first-order chi connectivity index (χ1) is 13.3. The number of amides is 1. The van der Waals surface area contributed by atoms with Crippen LogP contribution in [-0.2, 0) is 0 Å². The van der Waals surface area contributed by atoms with E-state index in [0.717, 1.165) is 23.8 Å². The molecule has 0 atom stereocenters. The Morgan fingerprint density at radius 2 is 1.78 bits per heavy atom. The summed E-state index contributed by atoms with van der Waals surface area (Å²) in [4.78, 5) is 24.9. The second-order valence-corrected chi connectivity index (χ2v) is 7.39. The van der Waals surface area contributed by atoms with Crippen LogP contribution in [0.15, 0.2) is 76.9 Å². The third kappa shape index (κ3) is 4.28. The van der Waals surface area contributed by atoms with E-state index >= 15 is 0 Å². The molecule has 6 heteroatoms. The van der Waals surface area contributed by atoms with E-state index in [2.05, 4.69) is 20.2 Å². The van der Waals surface area contributed by atoms with Gasteiger partial charge in [-0.25, -0.2) is 9.97 Å². The Hall–Kier alpha value is -2.86. The molecular formula is C21H20N4OS. The molecule has 5 nitrogen and oxygen atoms in total. The predicted molar refractivity (Wildman–Crippen MR) is 108 cm³/mol. The van der Waals surface area contributed by atoms with Gasteiger partial charge in [-0.1, -0.05) is 30.0 Å². The molecular weight excluding hydrogens is 356 g/mol. The number of aromatic nitrogens is 2. The van der Waals surface area contributed by atoms with Crippen LogP contribution in [0.25, 0.3) is 0 Å². The van der Waals surface area contributed by atoms with Crippen molar-refractivity contribution >= 4 is 29.2 Å². The fourth-order valence-electron chi connectivity index (χ4n) is 3.04. The lowest BCUT2D eigenvalue weighted by Gasteiger charge is -2.16. The fraction of sp³-hybridized carbons (Fsp3) is 0.190. The average Bonchev–Trinajstić information content (AvgIpc) is 3.25. The summed E-state index contributed by atoms with van der Waals surface area (Å²) in [5.74, 6) is 0.782. The number of nitrogens with one attached hydrogen (secondary N) is 1. The molecule has 0 unspecified atom stereocenters. The summed E-state index contributed by atoms with van der Waals surface area (Å²) in [6.45, 7) is 2.10. The second-order valence-electron chi connectivity index (χ2n) is 6.32. The maximum absolute atomic E-state index is 12.8. The molecule has 0 bridgehead atoms. The first-order valence-electron chi connectivity index (χ1n) is 9.00. The Labute approximate surface area is 162 Å². The van der Waals surface area contributed by atoms with Crippen LogP contribution in [0.5, 0.6) is 0 Å². The van der Waals surface area contributed by atoms with Crippen LogP contribution < -0.4 is 10.2 Å². The standard InChI is InChI=1S/C21H20N4OS/c26-20(24-16-10-11-19(23-15-16)25-13-4-5-14-25)18-9-6-12-22-21(18)27-17-7-2-1-3-8-17/h1-3,6-12,15H,4-5,13-14H2,(H,24,26). The summed E-state index contributed by atoms with van der Waals surface area (Å²) in [5.41, 5.74) is 1.23. The third-order valence-electron chi connectivity index (χ3n) is 4.41. The number of carbonyl (C=O) groups is 1. The monoisotopic (exact) mass is 376 g/mol. The van der Waals surface area contributed by atoms with Crippen molar-refractivity contribution in [3.8, 4) is 0 Å². The van der Waals surface area contributed by atoms with Gasteiger partial charge in [0.05, 0.1) is 17.4 Å². The van der Waals surface area contributed by atoms with Gasteiger partial charge in [0.1, 0.15) is 10.8 Å². The van der Waals surface area contributed by atoms with Crippen LogP contribution in [0.1, 0.15) is 23.2 Å². The largest absolute Gasteiger partial charge is 0.357 e. The summed E-state index contributed by atoms with van der Waals surface area (Å²) in [6, 6.07) is 17.3. The van der Waals surface area contributed by atoms with E-state index in [1.165, 1.54) is 24.6 Å². The SMILES string of the molecule is O=C(Nc1ccc(N2CCCC2)nc1)c1cccnc1Sc1ccccc1. The normalized spacial score (nSPS) is 13.6. The quantitative estimate of drug-likeness (QED) is 0.711. The highest BCUT2D eigenvalue weighted by molar-refractivity contribution is 7.99. The fourth-order valence-corrected chi connectivity index (χ4v) is 3.94. The Morgan fingerprint density at radius 3 is 2.52 bits per heavy atom. The van der Waals surface area contributed by atoms with Gasteiger partial charge < -0.3 is 10.2 Å². The summed E-state index contributed by atoms with van der Waals surface area (Å²) < 4.78 is 0. The highest BCUT2D eigenvalue weighted by atomic mass is 32.2. The lowest BCUT2D eigenvalue weighted by Crippen LogP contribution is -2.19. The number of pyridine rings is 2. The van der Waals surface area contributed by atoms with Gasteiger partial charge in [-0.3, -0.25) is 4.79 Å². The zero-order valence-electron chi connectivity index (χ0n) is 14.8. The van der Waals surface area contributed by atoms with E-state index in [1.54, 1.807) is 24.5 Å². The van der Waals surface area contributed by atoms with Crippen LogP contribution in [0.3, 0.4) is 0 Å². The van der Waals surface area contributed by atoms with Crippen molar-refractivity contribution in [1.29, 1.82) is 0 Å². The number of nitrogens with zero attached hydrogens (tertiary/aromatic N) is 3. The molecule has 0 saturated carbocycles. The van der Waals surface area contributed by atoms with Crippen molar-refractivity contribution in [1.82, 2.24) is 9.97 Å². The summed E-state index contributed by atoms with van der Waals surface area (Å²) >= 11 is 1.48. The number of carbonyl (C=O) groups excluding carboxylic acids is 1. The minimum atomic E-state index is -0.183. The molecule has 1 aromatic carbocycles. The molecule has 1 aliphatic rings. The van der Waals surface area contributed by atoms with Crippen molar-refractivity contribution in [2.75, 3.05) is 23.3 Å². The summed E-state index contributed by atoms with van der Waals surface area (Å²) in [6.07, 6.45) is 5.84. The second kappa shape index (κ2) is 8.22. The topological polar surface area (TPSA) is 58.1 Å². The average molecular weight is 376 g/mol. The van der Waals surface area contributed by atoms with Crippen molar-refractivity contribution < 1.29 is 4.79 Å². The van der Waals surface area contributed by atoms with Crippen LogP contribution >= 0.6 is 11.8 Å². The molecule has 1 fully saturated rings. The first kappa shape index (κ1) is 17.5. The molecule has 1 aliphatic heterocycles. The molecule has 27 heavy (non-hydrogen) atoms.